The smallest absolute Gasteiger partial charge is 0.195 e. The third-order valence-electron chi connectivity index (χ3n) is 3.96. The zero-order valence-corrected chi connectivity index (χ0v) is 17.0. The molecule has 0 amide bonds. The minimum Gasteiger partial charge on any atom is -0.493 e. The third-order valence-corrected chi connectivity index (χ3v) is 4.90. The van der Waals surface area contributed by atoms with Gasteiger partial charge in [-0.1, -0.05) is 30.3 Å². The zero-order chi connectivity index (χ0) is 19.8. The Hall–Kier alpha value is -3.06. The molecule has 0 unspecified atom stereocenters. The van der Waals surface area contributed by atoms with Crippen molar-refractivity contribution in [2.75, 3.05) is 26.1 Å². The van der Waals surface area contributed by atoms with Crippen LogP contribution in [0.3, 0.4) is 0 Å². The highest BCUT2D eigenvalue weighted by Gasteiger charge is 2.08. The minimum atomic E-state index is 0.570. The number of thiazole rings is 1. The molecule has 0 aliphatic rings. The fraction of sp³-hybridized carbons (Fsp3) is 0.238. The molecule has 0 atom stereocenters. The van der Waals surface area contributed by atoms with Gasteiger partial charge in [0.05, 0.1) is 26.0 Å². The number of guanidine groups is 1. The van der Waals surface area contributed by atoms with Gasteiger partial charge >= 0.3 is 0 Å². The summed E-state index contributed by atoms with van der Waals surface area (Å²) in [6.07, 6.45) is 0. The maximum Gasteiger partial charge on any atom is 0.195 e. The van der Waals surface area contributed by atoms with E-state index in [-0.39, 0.29) is 0 Å². The van der Waals surface area contributed by atoms with Crippen LogP contribution in [0.25, 0.3) is 10.6 Å². The summed E-state index contributed by atoms with van der Waals surface area (Å²) in [5.41, 5.74) is 2.96. The van der Waals surface area contributed by atoms with Gasteiger partial charge in [-0.15, -0.1) is 11.3 Å². The molecule has 3 aromatic rings. The highest BCUT2D eigenvalue weighted by Crippen LogP contribution is 2.30. The predicted molar refractivity (Wildman–Crippen MR) is 116 cm³/mol. The van der Waals surface area contributed by atoms with Crippen LogP contribution in [0.15, 0.2) is 58.9 Å². The lowest BCUT2D eigenvalue weighted by Gasteiger charge is -2.14. The van der Waals surface area contributed by atoms with E-state index in [9.17, 15) is 0 Å². The van der Waals surface area contributed by atoms with Crippen LogP contribution in [0.2, 0.25) is 0 Å². The summed E-state index contributed by atoms with van der Waals surface area (Å²) >= 11 is 1.64. The summed E-state index contributed by atoms with van der Waals surface area (Å²) in [6.45, 7) is 3.09. The number of rotatable bonds is 7. The Bertz CT molecular complexity index is 925. The van der Waals surface area contributed by atoms with E-state index in [1.807, 2.05) is 43.3 Å². The lowest BCUT2D eigenvalue weighted by molar-refractivity contribution is 0.311. The number of aromatic nitrogens is 1. The Morgan fingerprint density at radius 2 is 1.96 bits per heavy atom. The van der Waals surface area contributed by atoms with Gasteiger partial charge in [-0.3, -0.25) is 4.99 Å². The first-order chi connectivity index (χ1) is 13.7. The Kier molecular flexibility index (Phi) is 6.86. The molecule has 3 rings (SSSR count). The molecule has 0 bridgehead atoms. The van der Waals surface area contributed by atoms with Gasteiger partial charge in [0, 0.05) is 29.7 Å². The highest BCUT2D eigenvalue weighted by atomic mass is 32.1. The number of hydrogen-bond donors (Lipinski definition) is 2. The second-order valence-electron chi connectivity index (χ2n) is 5.86. The molecule has 0 aliphatic carbocycles. The maximum absolute atomic E-state index is 5.62. The first-order valence-corrected chi connectivity index (χ1v) is 9.89. The summed E-state index contributed by atoms with van der Waals surface area (Å²) in [5.74, 6) is 2.05. The first-order valence-electron chi connectivity index (χ1n) is 9.01. The van der Waals surface area contributed by atoms with E-state index in [0.717, 1.165) is 22.0 Å². The Morgan fingerprint density at radius 3 is 2.68 bits per heavy atom. The van der Waals surface area contributed by atoms with Crippen molar-refractivity contribution in [1.29, 1.82) is 0 Å². The van der Waals surface area contributed by atoms with E-state index in [4.69, 9.17) is 14.5 Å². The molecule has 0 saturated carbocycles. The second-order valence-corrected chi connectivity index (χ2v) is 6.72. The van der Waals surface area contributed by atoms with Gasteiger partial charge in [-0.2, -0.15) is 0 Å². The molecule has 2 aromatic carbocycles. The molecule has 0 fully saturated rings. The molecule has 2 N–H and O–H groups in total. The Morgan fingerprint density at radius 1 is 1.14 bits per heavy atom. The van der Waals surface area contributed by atoms with E-state index in [1.165, 1.54) is 0 Å². The van der Waals surface area contributed by atoms with E-state index in [2.05, 4.69) is 33.1 Å². The number of ether oxygens (including phenoxy) is 2. The van der Waals surface area contributed by atoms with Crippen molar-refractivity contribution in [3.8, 4) is 22.1 Å². The largest absolute Gasteiger partial charge is 0.493 e. The zero-order valence-electron chi connectivity index (χ0n) is 16.2. The molecule has 0 aliphatic heterocycles. The van der Waals surface area contributed by atoms with E-state index in [0.29, 0.717) is 30.6 Å². The Labute approximate surface area is 169 Å². The second kappa shape index (κ2) is 9.75. The van der Waals surface area contributed by atoms with Crippen LogP contribution in [0.5, 0.6) is 11.5 Å². The van der Waals surface area contributed by atoms with Gasteiger partial charge in [-0.05, 0) is 19.1 Å². The van der Waals surface area contributed by atoms with Crippen LogP contribution >= 0.6 is 11.3 Å². The highest BCUT2D eigenvalue weighted by molar-refractivity contribution is 7.13. The molecule has 28 heavy (non-hydrogen) atoms. The molecule has 0 radical (unpaired) electrons. The number of nitrogens with one attached hydrogen (secondary N) is 2. The van der Waals surface area contributed by atoms with Crippen LogP contribution in [-0.2, 0) is 6.54 Å². The molecular formula is C21H24N4O2S. The van der Waals surface area contributed by atoms with Crippen molar-refractivity contribution in [3.05, 3.63) is 59.6 Å². The summed E-state index contributed by atoms with van der Waals surface area (Å²) in [5, 5.41) is 9.63. The molecule has 7 heteroatoms. The van der Waals surface area contributed by atoms with Gasteiger partial charge in [0.15, 0.2) is 17.5 Å². The van der Waals surface area contributed by atoms with Gasteiger partial charge < -0.3 is 20.1 Å². The van der Waals surface area contributed by atoms with E-state index in [1.54, 1.807) is 25.5 Å². The number of hydrogen-bond acceptors (Lipinski definition) is 5. The minimum absolute atomic E-state index is 0.570. The predicted octanol–water partition coefficient (Wildman–Crippen LogP) is 4.40. The van der Waals surface area contributed by atoms with E-state index >= 15 is 0 Å². The topological polar surface area (TPSA) is 67.8 Å². The third kappa shape index (κ3) is 5.01. The molecule has 0 saturated heterocycles. The number of nitrogens with zero attached hydrogens (tertiary/aromatic N) is 2. The lowest BCUT2D eigenvalue weighted by Crippen LogP contribution is -2.30. The van der Waals surface area contributed by atoms with Crippen LogP contribution < -0.4 is 20.1 Å². The van der Waals surface area contributed by atoms with Crippen molar-refractivity contribution in [2.45, 2.75) is 13.5 Å². The summed E-state index contributed by atoms with van der Waals surface area (Å²) in [6, 6.07) is 15.9. The number of benzene rings is 2. The average Bonchev–Trinajstić information content (AvgIpc) is 3.21. The molecule has 0 spiro atoms. The number of aliphatic imine (C=N–C) groups is 1. The lowest BCUT2D eigenvalue weighted by atomic mass is 10.2. The fourth-order valence-corrected chi connectivity index (χ4v) is 3.44. The van der Waals surface area contributed by atoms with Crippen LogP contribution in [0, 0.1) is 0 Å². The van der Waals surface area contributed by atoms with Gasteiger partial charge in [-0.25, -0.2) is 4.98 Å². The summed E-state index contributed by atoms with van der Waals surface area (Å²) in [7, 11) is 3.36. The molecule has 146 valence electrons. The molecule has 6 nitrogen and oxygen atoms in total. The van der Waals surface area contributed by atoms with Crippen molar-refractivity contribution >= 4 is 23.0 Å². The van der Waals surface area contributed by atoms with Crippen molar-refractivity contribution in [1.82, 2.24) is 10.3 Å². The van der Waals surface area contributed by atoms with Crippen molar-refractivity contribution in [3.63, 3.8) is 0 Å². The summed E-state index contributed by atoms with van der Waals surface area (Å²) < 4.78 is 10.9. The van der Waals surface area contributed by atoms with Crippen LogP contribution in [0.4, 0.5) is 5.69 Å². The van der Waals surface area contributed by atoms with Crippen LogP contribution in [-0.4, -0.2) is 31.7 Å². The van der Waals surface area contributed by atoms with Crippen LogP contribution in [0.1, 0.15) is 12.6 Å². The molecular weight excluding hydrogens is 372 g/mol. The summed E-state index contributed by atoms with van der Waals surface area (Å²) in [4.78, 5) is 8.97. The quantitative estimate of drug-likeness (QED) is 0.457. The van der Waals surface area contributed by atoms with E-state index < -0.39 is 0 Å². The number of anilines is 1. The number of methoxy groups -OCH3 is 1. The normalized spacial score (nSPS) is 11.2. The van der Waals surface area contributed by atoms with Crippen molar-refractivity contribution in [2.24, 2.45) is 4.99 Å². The molecule has 1 heterocycles. The SMILES string of the molecule is CCOc1cc(NC(=NC)NCc2csc(-c3ccccc3)n2)ccc1OC. The van der Waals surface area contributed by atoms with Gasteiger partial charge in [0.2, 0.25) is 0 Å². The molecule has 1 aromatic heterocycles. The first kappa shape index (κ1) is 19.7. The van der Waals surface area contributed by atoms with Gasteiger partial charge in [0.25, 0.3) is 0 Å². The van der Waals surface area contributed by atoms with Crippen molar-refractivity contribution < 1.29 is 9.47 Å². The Balaban J connectivity index is 1.63. The maximum atomic E-state index is 5.62. The fourth-order valence-electron chi connectivity index (χ4n) is 2.61. The standard InChI is InChI=1S/C21H24N4O2S/c1-4-27-19-12-16(10-11-18(19)26-3)25-21(22-2)23-13-17-14-28-20(24-17)15-8-6-5-7-9-15/h5-12,14H,4,13H2,1-3H3,(H2,22,23,25). The van der Waals surface area contributed by atoms with Gasteiger partial charge in [0.1, 0.15) is 5.01 Å². The monoisotopic (exact) mass is 396 g/mol. The average molecular weight is 397 g/mol.